The smallest absolute Gasteiger partial charge is 0.308 e. The summed E-state index contributed by atoms with van der Waals surface area (Å²) in [6.07, 6.45) is 0. The molecule has 4 heteroatoms. The molecule has 1 aromatic rings. The van der Waals surface area contributed by atoms with Crippen LogP contribution in [0.1, 0.15) is 17.0 Å². The fraction of sp³-hybridized carbons (Fsp3) is 0.417. The number of rotatable bonds is 2. The topological polar surface area (TPSA) is 49.3 Å². The van der Waals surface area contributed by atoms with Gasteiger partial charge in [0.15, 0.2) is 0 Å². The van der Waals surface area contributed by atoms with Crippen LogP contribution in [-0.4, -0.2) is 24.2 Å². The Kier molecular flexibility index (Phi) is 2.92. The Bertz CT molecular complexity index is 419. The van der Waals surface area contributed by atoms with Gasteiger partial charge in [0.2, 0.25) is 0 Å². The van der Waals surface area contributed by atoms with Gasteiger partial charge in [-0.1, -0.05) is 17.7 Å². The summed E-state index contributed by atoms with van der Waals surface area (Å²) in [5.74, 6) is -1.98. The van der Waals surface area contributed by atoms with E-state index in [2.05, 4.69) is 5.32 Å². The van der Waals surface area contributed by atoms with Gasteiger partial charge in [0.05, 0.1) is 5.92 Å². The molecule has 2 atom stereocenters. The maximum absolute atomic E-state index is 13.6. The average molecular weight is 223 g/mol. The highest BCUT2D eigenvalue weighted by molar-refractivity contribution is 5.72. The van der Waals surface area contributed by atoms with E-state index in [-0.39, 0.29) is 11.7 Å². The lowest BCUT2D eigenvalue weighted by Gasteiger charge is -2.16. The monoisotopic (exact) mass is 223 g/mol. The molecule has 1 fully saturated rings. The Hall–Kier alpha value is -1.42. The van der Waals surface area contributed by atoms with Crippen molar-refractivity contribution in [3.05, 3.63) is 35.1 Å². The molecule has 0 spiro atoms. The highest BCUT2D eigenvalue weighted by atomic mass is 19.1. The standard InChI is InChI=1S/C12H14FNO2/c1-7-2-3-11(13)8(4-7)9-5-14-6-10(9)12(15)16/h2-4,9-10,14H,5-6H2,1H3,(H,15,16)/t9-,10+/m0/s1. The van der Waals surface area contributed by atoms with E-state index in [9.17, 15) is 9.18 Å². The summed E-state index contributed by atoms with van der Waals surface area (Å²) in [6.45, 7) is 2.81. The van der Waals surface area contributed by atoms with Crippen molar-refractivity contribution >= 4 is 5.97 Å². The number of carbonyl (C=O) groups is 1. The molecule has 0 aromatic heterocycles. The lowest BCUT2D eigenvalue weighted by atomic mass is 9.88. The van der Waals surface area contributed by atoms with Crippen LogP contribution in [0.25, 0.3) is 0 Å². The number of halogens is 1. The van der Waals surface area contributed by atoms with Gasteiger partial charge in [-0.05, 0) is 18.6 Å². The van der Waals surface area contributed by atoms with Gasteiger partial charge in [0, 0.05) is 19.0 Å². The van der Waals surface area contributed by atoms with Gasteiger partial charge >= 0.3 is 5.97 Å². The van der Waals surface area contributed by atoms with E-state index in [1.807, 2.05) is 6.92 Å². The lowest BCUT2D eigenvalue weighted by Crippen LogP contribution is -2.21. The van der Waals surface area contributed by atoms with Crippen LogP contribution in [-0.2, 0) is 4.79 Å². The molecule has 1 saturated heterocycles. The third kappa shape index (κ3) is 1.93. The summed E-state index contributed by atoms with van der Waals surface area (Å²) in [7, 11) is 0. The summed E-state index contributed by atoms with van der Waals surface area (Å²) in [5, 5.41) is 12.0. The molecule has 0 aliphatic carbocycles. The molecule has 16 heavy (non-hydrogen) atoms. The second-order valence-electron chi connectivity index (χ2n) is 4.23. The molecule has 1 aliphatic heterocycles. The number of carboxylic acids is 1. The van der Waals surface area contributed by atoms with E-state index in [1.165, 1.54) is 6.07 Å². The first-order valence-corrected chi connectivity index (χ1v) is 5.29. The van der Waals surface area contributed by atoms with Gasteiger partial charge in [-0.3, -0.25) is 4.79 Å². The van der Waals surface area contributed by atoms with Gasteiger partial charge in [0.25, 0.3) is 0 Å². The average Bonchev–Trinajstić information content (AvgIpc) is 2.70. The fourth-order valence-electron chi connectivity index (χ4n) is 2.21. The normalized spacial score (nSPS) is 24.6. The molecule has 1 aromatic carbocycles. The molecule has 1 aliphatic rings. The highest BCUT2D eigenvalue weighted by Gasteiger charge is 2.35. The quantitative estimate of drug-likeness (QED) is 0.799. The summed E-state index contributed by atoms with van der Waals surface area (Å²) in [5.41, 5.74) is 1.46. The van der Waals surface area contributed by atoms with E-state index in [0.29, 0.717) is 18.7 Å². The number of carboxylic acid groups (broad SMARTS) is 1. The van der Waals surface area contributed by atoms with Crippen LogP contribution in [0.2, 0.25) is 0 Å². The van der Waals surface area contributed by atoms with Crippen molar-refractivity contribution in [1.82, 2.24) is 5.32 Å². The van der Waals surface area contributed by atoms with Crippen LogP contribution in [0.5, 0.6) is 0 Å². The fourth-order valence-corrected chi connectivity index (χ4v) is 2.21. The largest absolute Gasteiger partial charge is 0.481 e. The Balaban J connectivity index is 2.35. The maximum atomic E-state index is 13.6. The number of hydrogen-bond donors (Lipinski definition) is 2. The zero-order valence-electron chi connectivity index (χ0n) is 9.03. The third-order valence-electron chi connectivity index (χ3n) is 3.08. The minimum Gasteiger partial charge on any atom is -0.481 e. The first-order valence-electron chi connectivity index (χ1n) is 5.29. The van der Waals surface area contributed by atoms with Crippen LogP contribution in [0.15, 0.2) is 18.2 Å². The summed E-state index contributed by atoms with van der Waals surface area (Å²) < 4.78 is 13.6. The van der Waals surface area contributed by atoms with Crippen molar-refractivity contribution in [2.45, 2.75) is 12.8 Å². The van der Waals surface area contributed by atoms with E-state index >= 15 is 0 Å². The minimum atomic E-state index is -0.865. The Labute approximate surface area is 93.3 Å². The predicted molar refractivity (Wildman–Crippen MR) is 57.9 cm³/mol. The molecule has 86 valence electrons. The molecular weight excluding hydrogens is 209 g/mol. The van der Waals surface area contributed by atoms with Gasteiger partial charge in [-0.15, -0.1) is 0 Å². The summed E-state index contributed by atoms with van der Waals surface area (Å²) >= 11 is 0. The Morgan fingerprint density at radius 2 is 2.25 bits per heavy atom. The number of aryl methyl sites for hydroxylation is 1. The van der Waals surface area contributed by atoms with E-state index < -0.39 is 11.9 Å². The Morgan fingerprint density at radius 3 is 2.94 bits per heavy atom. The van der Waals surface area contributed by atoms with Crippen molar-refractivity contribution in [3.63, 3.8) is 0 Å². The molecule has 3 nitrogen and oxygen atoms in total. The van der Waals surface area contributed by atoms with E-state index in [0.717, 1.165) is 5.56 Å². The van der Waals surface area contributed by atoms with Crippen molar-refractivity contribution in [3.8, 4) is 0 Å². The first-order chi connectivity index (χ1) is 7.59. The van der Waals surface area contributed by atoms with Crippen molar-refractivity contribution in [2.24, 2.45) is 5.92 Å². The van der Waals surface area contributed by atoms with Crippen molar-refractivity contribution < 1.29 is 14.3 Å². The number of hydrogen-bond acceptors (Lipinski definition) is 2. The van der Waals surface area contributed by atoms with E-state index in [1.54, 1.807) is 12.1 Å². The molecule has 0 bridgehead atoms. The molecule has 2 rings (SSSR count). The van der Waals surface area contributed by atoms with Crippen LogP contribution in [0, 0.1) is 18.7 Å². The molecule has 0 radical (unpaired) electrons. The van der Waals surface area contributed by atoms with Crippen LogP contribution < -0.4 is 5.32 Å². The van der Waals surface area contributed by atoms with Gasteiger partial charge in [0.1, 0.15) is 5.82 Å². The van der Waals surface area contributed by atoms with Crippen LogP contribution in [0.3, 0.4) is 0 Å². The van der Waals surface area contributed by atoms with Crippen LogP contribution in [0.4, 0.5) is 4.39 Å². The SMILES string of the molecule is Cc1ccc(F)c([C@@H]2CNC[C@H]2C(=O)O)c1. The first kappa shape index (κ1) is 11.1. The predicted octanol–water partition coefficient (Wildman–Crippen LogP) is 1.52. The molecule has 0 saturated carbocycles. The maximum Gasteiger partial charge on any atom is 0.308 e. The second kappa shape index (κ2) is 4.22. The number of nitrogens with one attached hydrogen (secondary N) is 1. The van der Waals surface area contributed by atoms with Gasteiger partial charge in [-0.25, -0.2) is 4.39 Å². The van der Waals surface area contributed by atoms with E-state index in [4.69, 9.17) is 5.11 Å². The van der Waals surface area contributed by atoms with Crippen LogP contribution >= 0.6 is 0 Å². The molecule has 0 amide bonds. The molecular formula is C12H14FNO2. The minimum absolute atomic E-state index is 0.266. The zero-order valence-corrected chi connectivity index (χ0v) is 9.03. The summed E-state index contributed by atoms with van der Waals surface area (Å²) in [4.78, 5) is 11.0. The second-order valence-corrected chi connectivity index (χ2v) is 4.23. The summed E-state index contributed by atoms with van der Waals surface area (Å²) in [6, 6.07) is 4.84. The van der Waals surface area contributed by atoms with Gasteiger partial charge < -0.3 is 10.4 Å². The number of aliphatic carboxylic acids is 1. The third-order valence-corrected chi connectivity index (χ3v) is 3.08. The number of benzene rings is 1. The van der Waals surface area contributed by atoms with Crippen molar-refractivity contribution in [1.29, 1.82) is 0 Å². The highest BCUT2D eigenvalue weighted by Crippen LogP contribution is 2.30. The Morgan fingerprint density at radius 1 is 1.50 bits per heavy atom. The van der Waals surface area contributed by atoms with Gasteiger partial charge in [-0.2, -0.15) is 0 Å². The molecule has 2 N–H and O–H groups in total. The van der Waals surface area contributed by atoms with Crippen molar-refractivity contribution in [2.75, 3.05) is 13.1 Å². The molecule has 1 heterocycles. The molecule has 0 unspecified atom stereocenters. The lowest BCUT2D eigenvalue weighted by molar-refractivity contribution is -0.141. The zero-order chi connectivity index (χ0) is 11.7.